The number of ether oxygens (including phenoxy) is 1. The van der Waals surface area contributed by atoms with Crippen LogP contribution in [0.15, 0.2) is 47.2 Å². The molecule has 0 saturated carbocycles. The fourth-order valence-corrected chi connectivity index (χ4v) is 5.00. The van der Waals surface area contributed by atoms with Crippen molar-refractivity contribution in [3.8, 4) is 5.75 Å². The Balaban J connectivity index is 1.22. The van der Waals surface area contributed by atoms with Crippen LogP contribution in [0.2, 0.25) is 0 Å². The lowest BCUT2D eigenvalue weighted by Crippen LogP contribution is -2.44. The Kier molecular flexibility index (Phi) is 6.70. The molecule has 2 aliphatic rings. The molecular formula is C24H27FN2O3S. The van der Waals surface area contributed by atoms with E-state index in [9.17, 15) is 14.0 Å². The second-order valence-corrected chi connectivity index (χ2v) is 9.09. The summed E-state index contributed by atoms with van der Waals surface area (Å²) in [6.07, 6.45) is 6.56. The molecule has 1 spiro atoms. The van der Waals surface area contributed by atoms with Crippen LogP contribution >= 0.6 is 11.3 Å². The highest BCUT2D eigenvalue weighted by Crippen LogP contribution is 2.40. The van der Waals surface area contributed by atoms with E-state index in [0.29, 0.717) is 0 Å². The third-order valence-corrected chi connectivity index (χ3v) is 7.00. The van der Waals surface area contributed by atoms with Crippen LogP contribution < -0.4 is 4.74 Å². The van der Waals surface area contributed by atoms with Crippen molar-refractivity contribution in [2.24, 2.45) is 5.41 Å². The number of carbonyl (C=O) groups is 2. The number of piperidine rings is 1. The van der Waals surface area contributed by atoms with Crippen molar-refractivity contribution < 1.29 is 18.7 Å². The molecule has 0 radical (unpaired) electrons. The zero-order valence-corrected chi connectivity index (χ0v) is 18.3. The lowest BCUT2D eigenvalue weighted by Gasteiger charge is -2.39. The molecule has 0 atom stereocenters. The molecule has 2 aliphatic heterocycles. The van der Waals surface area contributed by atoms with E-state index >= 15 is 0 Å². The maximum Gasteiger partial charge on any atom is 0.246 e. The van der Waals surface area contributed by atoms with Crippen molar-refractivity contribution in [3.63, 3.8) is 0 Å². The van der Waals surface area contributed by atoms with Crippen LogP contribution in [0, 0.1) is 11.2 Å². The third-order valence-electron chi connectivity index (χ3n) is 6.30. The largest absolute Gasteiger partial charge is 0.490 e. The molecule has 2 amide bonds. The monoisotopic (exact) mass is 442 g/mol. The number of amides is 2. The van der Waals surface area contributed by atoms with Crippen LogP contribution in [0.25, 0.3) is 6.08 Å². The van der Waals surface area contributed by atoms with Crippen LogP contribution in [-0.4, -0.2) is 54.4 Å². The second kappa shape index (κ2) is 9.64. The molecule has 4 rings (SSSR count). The Hall–Kier alpha value is -2.67. The molecular weight excluding hydrogens is 415 g/mol. The summed E-state index contributed by atoms with van der Waals surface area (Å²) < 4.78 is 19.0. The van der Waals surface area contributed by atoms with Gasteiger partial charge >= 0.3 is 0 Å². The van der Waals surface area contributed by atoms with E-state index in [0.717, 1.165) is 51.0 Å². The predicted octanol–water partition coefficient (Wildman–Crippen LogP) is 4.21. The van der Waals surface area contributed by atoms with Crippen molar-refractivity contribution in [3.05, 3.63) is 58.5 Å². The fraction of sp³-hybridized carbons (Fsp3) is 0.417. The van der Waals surface area contributed by atoms with E-state index in [4.69, 9.17) is 4.74 Å². The number of hydrogen-bond donors (Lipinski definition) is 0. The number of halogens is 1. The van der Waals surface area contributed by atoms with Crippen molar-refractivity contribution >= 4 is 29.2 Å². The van der Waals surface area contributed by atoms with Gasteiger partial charge in [-0.3, -0.25) is 9.59 Å². The van der Waals surface area contributed by atoms with E-state index in [1.165, 1.54) is 6.07 Å². The topological polar surface area (TPSA) is 49.9 Å². The quantitative estimate of drug-likeness (QED) is 0.630. The first-order chi connectivity index (χ1) is 15.0. The molecule has 0 unspecified atom stereocenters. The van der Waals surface area contributed by atoms with E-state index in [-0.39, 0.29) is 36.0 Å². The normalized spacial score (nSPS) is 18.1. The molecule has 5 nitrogen and oxygen atoms in total. The summed E-state index contributed by atoms with van der Waals surface area (Å²) in [6.45, 7) is 3.10. The Morgan fingerprint density at radius 3 is 2.55 bits per heavy atom. The van der Waals surface area contributed by atoms with Crippen molar-refractivity contribution in [1.29, 1.82) is 0 Å². The van der Waals surface area contributed by atoms with Gasteiger partial charge in [-0.25, -0.2) is 4.39 Å². The van der Waals surface area contributed by atoms with Gasteiger partial charge in [0.1, 0.15) is 0 Å². The molecule has 3 heterocycles. The summed E-state index contributed by atoms with van der Waals surface area (Å²) in [5, 5.41) is 4.01. The summed E-state index contributed by atoms with van der Waals surface area (Å²) in [7, 11) is 0. The van der Waals surface area contributed by atoms with Gasteiger partial charge in [0.2, 0.25) is 11.8 Å². The Morgan fingerprint density at radius 2 is 1.84 bits per heavy atom. The number of likely N-dealkylation sites (tertiary alicyclic amines) is 2. The molecule has 2 aromatic rings. The Morgan fingerprint density at radius 1 is 1.10 bits per heavy atom. The lowest BCUT2D eigenvalue weighted by molar-refractivity contribution is -0.132. The Labute approximate surface area is 186 Å². The van der Waals surface area contributed by atoms with Crippen LogP contribution in [0.4, 0.5) is 4.39 Å². The maximum atomic E-state index is 13.6. The zero-order valence-electron chi connectivity index (χ0n) is 17.5. The van der Waals surface area contributed by atoms with E-state index in [1.54, 1.807) is 35.6 Å². The number of thiophene rings is 1. The van der Waals surface area contributed by atoms with Gasteiger partial charge in [0.05, 0.1) is 13.0 Å². The SMILES string of the molecule is O=C(/C=C/c1ccsc1)N1CCC2(CC1)CCN(C(=O)CCOc1ccccc1F)C2. The molecule has 7 heteroatoms. The lowest BCUT2D eigenvalue weighted by atomic mass is 9.78. The highest BCUT2D eigenvalue weighted by atomic mass is 32.1. The van der Waals surface area contributed by atoms with Gasteiger partial charge in [-0.05, 0) is 65.3 Å². The minimum absolute atomic E-state index is 0.0467. The molecule has 31 heavy (non-hydrogen) atoms. The van der Waals surface area contributed by atoms with Crippen LogP contribution in [0.5, 0.6) is 5.75 Å². The van der Waals surface area contributed by atoms with Gasteiger partial charge < -0.3 is 14.5 Å². The molecule has 1 aromatic carbocycles. The number of para-hydroxylation sites is 1. The molecule has 1 aromatic heterocycles. The fourth-order valence-electron chi connectivity index (χ4n) is 4.37. The maximum absolute atomic E-state index is 13.6. The number of hydrogen-bond acceptors (Lipinski definition) is 4. The molecule has 2 saturated heterocycles. The van der Waals surface area contributed by atoms with Crippen LogP contribution in [0.1, 0.15) is 31.2 Å². The van der Waals surface area contributed by atoms with E-state index < -0.39 is 5.82 Å². The summed E-state index contributed by atoms with van der Waals surface area (Å²) in [5.41, 5.74) is 1.16. The van der Waals surface area contributed by atoms with Gasteiger partial charge in [-0.2, -0.15) is 11.3 Å². The summed E-state index contributed by atoms with van der Waals surface area (Å²) in [5.74, 6) is -0.137. The standard InChI is InChI=1S/C24H27FN2O3S/c25-20-3-1-2-4-21(20)30-15-7-23(29)27-14-11-24(18-27)9-12-26(13-10-24)22(28)6-5-19-8-16-31-17-19/h1-6,8,16-17H,7,9-15,18H2/b6-5+. The highest BCUT2D eigenvalue weighted by Gasteiger charge is 2.42. The number of benzene rings is 1. The van der Waals surface area contributed by atoms with Gasteiger partial charge in [0.25, 0.3) is 0 Å². The molecule has 2 fully saturated rings. The minimum atomic E-state index is -0.415. The van der Waals surface area contributed by atoms with Crippen molar-refractivity contribution in [2.75, 3.05) is 32.8 Å². The number of rotatable bonds is 6. The Bertz CT molecular complexity index is 936. The predicted molar refractivity (Wildman–Crippen MR) is 119 cm³/mol. The van der Waals surface area contributed by atoms with Crippen LogP contribution in [-0.2, 0) is 9.59 Å². The van der Waals surface area contributed by atoms with Gasteiger partial charge in [-0.15, -0.1) is 0 Å². The summed E-state index contributed by atoms with van der Waals surface area (Å²) >= 11 is 1.61. The second-order valence-electron chi connectivity index (χ2n) is 8.31. The molecule has 0 aliphatic carbocycles. The number of carbonyl (C=O) groups excluding carboxylic acids is 2. The first-order valence-corrected chi connectivity index (χ1v) is 11.6. The molecule has 164 valence electrons. The van der Waals surface area contributed by atoms with Crippen molar-refractivity contribution in [2.45, 2.75) is 25.7 Å². The molecule has 0 N–H and O–H groups in total. The average molecular weight is 443 g/mol. The highest BCUT2D eigenvalue weighted by molar-refractivity contribution is 7.08. The zero-order chi connectivity index (χ0) is 21.7. The van der Waals surface area contributed by atoms with Gasteiger partial charge in [-0.1, -0.05) is 12.1 Å². The van der Waals surface area contributed by atoms with E-state index in [1.807, 2.05) is 32.7 Å². The number of nitrogens with zero attached hydrogens (tertiary/aromatic N) is 2. The minimum Gasteiger partial charge on any atom is -0.490 e. The van der Waals surface area contributed by atoms with Gasteiger partial charge in [0, 0.05) is 32.3 Å². The summed E-state index contributed by atoms with van der Waals surface area (Å²) in [6, 6.07) is 8.21. The van der Waals surface area contributed by atoms with Crippen LogP contribution in [0.3, 0.4) is 0 Å². The first kappa shape index (κ1) is 21.6. The third kappa shape index (κ3) is 5.34. The van der Waals surface area contributed by atoms with Crippen molar-refractivity contribution in [1.82, 2.24) is 9.80 Å². The summed E-state index contributed by atoms with van der Waals surface area (Å²) in [4.78, 5) is 28.9. The average Bonchev–Trinajstić information content (AvgIpc) is 3.44. The first-order valence-electron chi connectivity index (χ1n) is 10.7. The van der Waals surface area contributed by atoms with E-state index in [2.05, 4.69) is 0 Å². The molecule has 0 bridgehead atoms. The smallest absolute Gasteiger partial charge is 0.246 e. The van der Waals surface area contributed by atoms with Gasteiger partial charge in [0.15, 0.2) is 11.6 Å².